The van der Waals surface area contributed by atoms with Crippen molar-refractivity contribution >= 4 is 0 Å². The summed E-state index contributed by atoms with van der Waals surface area (Å²) in [4.78, 5) is 2.12. The molecule has 1 N–H and O–H groups in total. The zero-order valence-corrected chi connectivity index (χ0v) is 11.0. The maximum absolute atomic E-state index is 13.5. The summed E-state index contributed by atoms with van der Waals surface area (Å²) in [5, 5.41) is 10.0. The second kappa shape index (κ2) is 5.51. The Bertz CT molecular complexity index is 435. The van der Waals surface area contributed by atoms with Crippen LogP contribution in [-0.4, -0.2) is 29.6 Å². The molecule has 1 aliphatic heterocycles. The molecule has 2 rings (SSSR count). The van der Waals surface area contributed by atoms with E-state index in [4.69, 9.17) is 0 Å². The quantitative estimate of drug-likeness (QED) is 0.911. The fourth-order valence-electron chi connectivity index (χ4n) is 2.55. The molecule has 1 aromatic rings. The van der Waals surface area contributed by atoms with Crippen LogP contribution in [0.2, 0.25) is 0 Å². The van der Waals surface area contributed by atoms with Crippen molar-refractivity contribution in [1.29, 1.82) is 0 Å². The van der Waals surface area contributed by atoms with E-state index < -0.39 is 29.1 Å². The van der Waals surface area contributed by atoms with Crippen LogP contribution in [0.15, 0.2) is 12.1 Å². The highest BCUT2D eigenvalue weighted by Crippen LogP contribution is 2.33. The largest absolute Gasteiger partial charge is 0.388 e. The van der Waals surface area contributed by atoms with E-state index in [-0.39, 0.29) is 5.92 Å². The Hall–Kier alpha value is -1.07. The van der Waals surface area contributed by atoms with Gasteiger partial charge in [-0.1, -0.05) is 13.8 Å². The van der Waals surface area contributed by atoms with Crippen LogP contribution in [0.4, 0.5) is 13.2 Å². The number of aliphatic hydroxyl groups is 1. The number of hydrogen-bond acceptors (Lipinski definition) is 2. The standard InChI is InChI=1S/C14H18F3NO/c1-8(2)5-18-6-9(7-18)14(19)13-11(16)3-10(15)4-12(13)17/h3-4,8-9,14,19H,5-7H2,1-2H3. The van der Waals surface area contributed by atoms with E-state index in [1.54, 1.807) is 0 Å². The van der Waals surface area contributed by atoms with Crippen LogP contribution >= 0.6 is 0 Å². The van der Waals surface area contributed by atoms with Gasteiger partial charge in [-0.3, -0.25) is 0 Å². The first-order valence-electron chi connectivity index (χ1n) is 6.43. The highest BCUT2D eigenvalue weighted by atomic mass is 19.1. The Morgan fingerprint density at radius 3 is 2.21 bits per heavy atom. The van der Waals surface area contributed by atoms with Gasteiger partial charge in [0.2, 0.25) is 0 Å². The van der Waals surface area contributed by atoms with Gasteiger partial charge < -0.3 is 10.0 Å². The zero-order chi connectivity index (χ0) is 14.2. The Morgan fingerprint density at radius 2 is 1.74 bits per heavy atom. The Kier molecular flexibility index (Phi) is 4.16. The van der Waals surface area contributed by atoms with E-state index in [2.05, 4.69) is 18.7 Å². The lowest BCUT2D eigenvalue weighted by atomic mass is 9.88. The van der Waals surface area contributed by atoms with Gasteiger partial charge in [0.05, 0.1) is 11.7 Å². The van der Waals surface area contributed by atoms with Crippen molar-refractivity contribution in [2.45, 2.75) is 20.0 Å². The third kappa shape index (κ3) is 3.09. The summed E-state index contributed by atoms with van der Waals surface area (Å²) in [5.41, 5.74) is -0.421. The molecule has 0 aromatic heterocycles. The smallest absolute Gasteiger partial charge is 0.134 e. The van der Waals surface area contributed by atoms with E-state index in [1.807, 2.05) is 0 Å². The lowest BCUT2D eigenvalue weighted by Crippen LogP contribution is -2.50. The van der Waals surface area contributed by atoms with E-state index in [1.165, 1.54) is 0 Å². The average molecular weight is 273 g/mol. The second-order valence-corrected chi connectivity index (χ2v) is 5.60. The van der Waals surface area contributed by atoms with Crippen LogP contribution in [0.5, 0.6) is 0 Å². The maximum Gasteiger partial charge on any atom is 0.134 e. The monoisotopic (exact) mass is 273 g/mol. The summed E-state index contributed by atoms with van der Waals surface area (Å²) in [6.45, 7) is 6.29. The lowest BCUT2D eigenvalue weighted by Gasteiger charge is -2.42. The van der Waals surface area contributed by atoms with Crippen LogP contribution in [0.1, 0.15) is 25.5 Å². The minimum Gasteiger partial charge on any atom is -0.388 e. The number of aliphatic hydroxyl groups excluding tert-OH is 1. The van der Waals surface area contributed by atoms with Gasteiger partial charge >= 0.3 is 0 Å². The van der Waals surface area contributed by atoms with Crippen molar-refractivity contribution < 1.29 is 18.3 Å². The molecule has 2 nitrogen and oxygen atoms in total. The van der Waals surface area contributed by atoms with Crippen molar-refractivity contribution in [3.8, 4) is 0 Å². The maximum atomic E-state index is 13.5. The minimum absolute atomic E-state index is 0.201. The van der Waals surface area contributed by atoms with Crippen LogP contribution in [0.25, 0.3) is 0 Å². The minimum atomic E-state index is -1.22. The van der Waals surface area contributed by atoms with Gasteiger partial charge in [0.1, 0.15) is 17.5 Å². The number of nitrogens with zero attached hydrogens (tertiary/aromatic N) is 1. The van der Waals surface area contributed by atoms with E-state index in [0.29, 0.717) is 31.1 Å². The molecule has 19 heavy (non-hydrogen) atoms. The number of benzene rings is 1. The molecule has 1 unspecified atom stereocenters. The normalized spacial score (nSPS) is 18.7. The highest BCUT2D eigenvalue weighted by molar-refractivity contribution is 5.24. The van der Waals surface area contributed by atoms with Gasteiger partial charge in [0.15, 0.2) is 0 Å². The molecule has 0 amide bonds. The van der Waals surface area contributed by atoms with Gasteiger partial charge in [-0.25, -0.2) is 13.2 Å². The topological polar surface area (TPSA) is 23.5 Å². The van der Waals surface area contributed by atoms with Crippen molar-refractivity contribution in [2.75, 3.05) is 19.6 Å². The molecule has 1 saturated heterocycles. The molecule has 1 aromatic carbocycles. The van der Waals surface area contributed by atoms with E-state index in [0.717, 1.165) is 6.54 Å². The number of halogens is 3. The summed E-state index contributed by atoms with van der Waals surface area (Å²) in [6.07, 6.45) is -1.22. The first-order valence-corrected chi connectivity index (χ1v) is 6.43. The Labute approximate surface area is 110 Å². The van der Waals surface area contributed by atoms with Crippen molar-refractivity contribution in [1.82, 2.24) is 4.90 Å². The molecule has 1 atom stereocenters. The van der Waals surface area contributed by atoms with Crippen LogP contribution in [0.3, 0.4) is 0 Å². The number of likely N-dealkylation sites (tertiary alicyclic amines) is 1. The highest BCUT2D eigenvalue weighted by Gasteiger charge is 2.36. The summed E-state index contributed by atoms with van der Waals surface area (Å²) < 4.78 is 39.9. The molecule has 0 saturated carbocycles. The average Bonchev–Trinajstić information content (AvgIpc) is 2.20. The zero-order valence-electron chi connectivity index (χ0n) is 11.0. The molecule has 106 valence electrons. The van der Waals surface area contributed by atoms with Gasteiger partial charge in [-0.05, 0) is 5.92 Å². The summed E-state index contributed by atoms with van der Waals surface area (Å²) in [6, 6.07) is 1.21. The van der Waals surface area contributed by atoms with E-state index in [9.17, 15) is 18.3 Å². The van der Waals surface area contributed by atoms with Crippen LogP contribution in [-0.2, 0) is 0 Å². The lowest BCUT2D eigenvalue weighted by molar-refractivity contribution is -0.0135. The first kappa shape index (κ1) is 14.3. The molecule has 5 heteroatoms. The molecule has 0 aliphatic carbocycles. The summed E-state index contributed by atoms with van der Waals surface area (Å²) in [7, 11) is 0. The molecular weight excluding hydrogens is 255 g/mol. The van der Waals surface area contributed by atoms with Gasteiger partial charge in [0.25, 0.3) is 0 Å². The molecule has 0 radical (unpaired) electrons. The van der Waals surface area contributed by atoms with Crippen molar-refractivity contribution in [2.24, 2.45) is 11.8 Å². The first-order chi connectivity index (χ1) is 8.88. The Balaban J connectivity index is 2.04. The predicted octanol–water partition coefficient (Wildman–Crippen LogP) is 2.73. The predicted molar refractivity (Wildman–Crippen MR) is 66.0 cm³/mol. The molecular formula is C14H18F3NO. The fourth-order valence-corrected chi connectivity index (χ4v) is 2.55. The van der Waals surface area contributed by atoms with Crippen molar-refractivity contribution in [3.05, 3.63) is 35.1 Å². The van der Waals surface area contributed by atoms with Crippen molar-refractivity contribution in [3.63, 3.8) is 0 Å². The SMILES string of the molecule is CC(C)CN1CC(C(O)c2c(F)cc(F)cc2F)C1. The molecule has 1 aliphatic rings. The number of rotatable bonds is 4. The third-order valence-corrected chi connectivity index (χ3v) is 3.39. The van der Waals surface area contributed by atoms with Gasteiger partial charge in [-0.2, -0.15) is 0 Å². The molecule has 0 spiro atoms. The third-order valence-electron chi connectivity index (χ3n) is 3.39. The molecule has 1 fully saturated rings. The molecule has 1 heterocycles. The fraction of sp³-hybridized carbons (Fsp3) is 0.571. The molecule has 0 bridgehead atoms. The number of hydrogen-bond donors (Lipinski definition) is 1. The van der Waals surface area contributed by atoms with Gasteiger partial charge in [0, 0.05) is 37.7 Å². The van der Waals surface area contributed by atoms with Crippen LogP contribution in [0, 0.1) is 29.3 Å². The Morgan fingerprint density at radius 1 is 1.21 bits per heavy atom. The van der Waals surface area contributed by atoms with Crippen LogP contribution < -0.4 is 0 Å². The summed E-state index contributed by atoms with van der Waals surface area (Å²) >= 11 is 0. The van der Waals surface area contributed by atoms with E-state index >= 15 is 0 Å². The van der Waals surface area contributed by atoms with Gasteiger partial charge in [-0.15, -0.1) is 0 Å². The second-order valence-electron chi connectivity index (χ2n) is 5.60. The summed E-state index contributed by atoms with van der Waals surface area (Å²) in [5.74, 6) is -2.70.